The van der Waals surface area contributed by atoms with E-state index in [4.69, 9.17) is 9.47 Å². The van der Waals surface area contributed by atoms with Crippen LogP contribution in [-0.2, 0) is 4.74 Å². The third kappa shape index (κ3) is 3.15. The normalized spacial score (nSPS) is 17.8. The third-order valence-corrected chi connectivity index (χ3v) is 5.25. The maximum Gasteiger partial charge on any atom is 0.130 e. The van der Waals surface area contributed by atoms with E-state index in [0.717, 1.165) is 18.6 Å². The summed E-state index contributed by atoms with van der Waals surface area (Å²) < 4.78 is 13.9. The Labute approximate surface area is 153 Å². The number of rotatable bonds is 6. The number of phenols is 1. The molecule has 5 nitrogen and oxygen atoms in total. The summed E-state index contributed by atoms with van der Waals surface area (Å²) in [6.07, 6.45) is 8.06. The van der Waals surface area contributed by atoms with Crippen LogP contribution in [0.3, 0.4) is 0 Å². The molecule has 0 spiro atoms. The van der Waals surface area contributed by atoms with Crippen LogP contribution in [0.25, 0.3) is 11.6 Å². The highest BCUT2D eigenvalue weighted by atomic mass is 16.5. The summed E-state index contributed by atoms with van der Waals surface area (Å²) in [5.41, 5.74) is 4.22. The van der Waals surface area contributed by atoms with Crippen LogP contribution in [0.15, 0.2) is 42.6 Å². The minimum absolute atomic E-state index is 0.176. The van der Waals surface area contributed by atoms with E-state index in [1.165, 1.54) is 30.5 Å². The molecule has 1 fully saturated rings. The van der Waals surface area contributed by atoms with Gasteiger partial charge in [-0.3, -0.25) is 4.68 Å². The first kappa shape index (κ1) is 16.9. The zero-order chi connectivity index (χ0) is 17.9. The van der Waals surface area contributed by atoms with Gasteiger partial charge in [-0.15, -0.1) is 0 Å². The van der Waals surface area contributed by atoms with Gasteiger partial charge in [0.15, 0.2) is 0 Å². The molecule has 0 atom stereocenters. The van der Waals surface area contributed by atoms with Gasteiger partial charge in [0.25, 0.3) is 0 Å². The lowest BCUT2D eigenvalue weighted by Gasteiger charge is -2.29. The van der Waals surface area contributed by atoms with Crippen LogP contribution >= 0.6 is 0 Å². The summed E-state index contributed by atoms with van der Waals surface area (Å²) in [7, 11) is 0. The molecule has 0 saturated heterocycles. The Kier molecular flexibility index (Phi) is 4.80. The first-order valence-electron chi connectivity index (χ1n) is 9.17. The van der Waals surface area contributed by atoms with E-state index < -0.39 is 0 Å². The Hall–Kier alpha value is -2.53. The maximum atomic E-state index is 9.96. The van der Waals surface area contributed by atoms with Gasteiger partial charge in [-0.25, -0.2) is 0 Å². The number of hydrogen-bond donors (Lipinski definition) is 1. The molecule has 26 heavy (non-hydrogen) atoms. The Morgan fingerprint density at radius 2 is 2.23 bits per heavy atom. The molecule has 0 bridgehead atoms. The second-order valence-corrected chi connectivity index (χ2v) is 6.81. The average molecular weight is 352 g/mol. The van der Waals surface area contributed by atoms with E-state index in [9.17, 15) is 5.11 Å². The monoisotopic (exact) mass is 352 g/mol. The topological polar surface area (TPSA) is 56.5 Å². The van der Waals surface area contributed by atoms with Crippen LogP contribution in [0.2, 0.25) is 0 Å². The molecule has 2 aliphatic rings. The van der Waals surface area contributed by atoms with Crippen LogP contribution in [0.5, 0.6) is 11.5 Å². The van der Waals surface area contributed by atoms with Gasteiger partial charge in [0.1, 0.15) is 18.1 Å². The van der Waals surface area contributed by atoms with Crippen LogP contribution in [0, 0.1) is 0 Å². The standard InChI is InChI=1S/C21H24N2O3/c1-2-17-20(24)7-4-8-21(17)26-14-15-13-25-12-10-18(15)19-9-11-22-23(19)16-5-3-6-16/h2,4,7-9,11,16,24H,1,3,5-6,10,12-14H2. The maximum absolute atomic E-state index is 9.96. The second kappa shape index (κ2) is 7.38. The van der Waals surface area contributed by atoms with Gasteiger partial charge in [-0.1, -0.05) is 18.7 Å². The van der Waals surface area contributed by atoms with Gasteiger partial charge < -0.3 is 14.6 Å². The molecule has 1 saturated carbocycles. The van der Waals surface area contributed by atoms with E-state index >= 15 is 0 Å². The van der Waals surface area contributed by atoms with Gasteiger partial charge in [0.2, 0.25) is 0 Å². The third-order valence-electron chi connectivity index (χ3n) is 5.25. The van der Waals surface area contributed by atoms with E-state index in [1.807, 2.05) is 12.3 Å². The fraction of sp³-hybridized carbons (Fsp3) is 0.381. The van der Waals surface area contributed by atoms with Crippen LogP contribution < -0.4 is 4.74 Å². The molecule has 1 N–H and O–H groups in total. The Balaban J connectivity index is 1.60. The molecule has 1 aromatic heterocycles. The molecule has 0 radical (unpaired) electrons. The smallest absolute Gasteiger partial charge is 0.130 e. The van der Waals surface area contributed by atoms with Crippen molar-refractivity contribution < 1.29 is 14.6 Å². The van der Waals surface area contributed by atoms with Crippen molar-refractivity contribution >= 4 is 11.6 Å². The Bertz CT molecular complexity index is 834. The van der Waals surface area contributed by atoms with Gasteiger partial charge in [-0.2, -0.15) is 5.10 Å². The molecular formula is C21H24N2O3. The van der Waals surface area contributed by atoms with Gasteiger partial charge >= 0.3 is 0 Å². The Morgan fingerprint density at radius 3 is 3.00 bits per heavy atom. The number of phenolic OH excluding ortho intramolecular Hbond substituents is 1. The predicted octanol–water partition coefficient (Wildman–Crippen LogP) is 4.21. The average Bonchev–Trinajstić information content (AvgIpc) is 3.07. The lowest BCUT2D eigenvalue weighted by molar-refractivity contribution is 0.144. The minimum Gasteiger partial charge on any atom is -0.507 e. The molecule has 5 heteroatoms. The first-order valence-corrected chi connectivity index (χ1v) is 9.17. The summed E-state index contributed by atoms with van der Waals surface area (Å²) >= 11 is 0. The molecule has 136 valence electrons. The van der Waals surface area contributed by atoms with Crippen LogP contribution in [0.1, 0.15) is 43.0 Å². The van der Waals surface area contributed by atoms with Crippen molar-refractivity contribution in [2.45, 2.75) is 31.7 Å². The molecule has 2 heterocycles. The van der Waals surface area contributed by atoms with Crippen molar-refractivity contribution in [3.05, 3.63) is 53.9 Å². The van der Waals surface area contributed by atoms with Crippen LogP contribution in [-0.4, -0.2) is 34.7 Å². The van der Waals surface area contributed by atoms with Crippen molar-refractivity contribution in [2.75, 3.05) is 19.8 Å². The number of hydrogen-bond acceptors (Lipinski definition) is 4. The van der Waals surface area contributed by atoms with E-state index in [0.29, 0.717) is 30.6 Å². The number of benzene rings is 1. The van der Waals surface area contributed by atoms with Crippen molar-refractivity contribution in [3.63, 3.8) is 0 Å². The van der Waals surface area contributed by atoms with E-state index in [1.54, 1.807) is 18.2 Å². The predicted molar refractivity (Wildman–Crippen MR) is 101 cm³/mol. The zero-order valence-corrected chi connectivity index (χ0v) is 14.9. The van der Waals surface area contributed by atoms with Crippen LogP contribution in [0.4, 0.5) is 0 Å². The zero-order valence-electron chi connectivity index (χ0n) is 14.9. The molecule has 1 aliphatic carbocycles. The summed E-state index contributed by atoms with van der Waals surface area (Å²) in [5, 5.41) is 14.5. The van der Waals surface area contributed by atoms with Crippen molar-refractivity contribution in [2.24, 2.45) is 0 Å². The highest BCUT2D eigenvalue weighted by Crippen LogP contribution is 2.36. The SMILES string of the molecule is C=Cc1c(O)cccc1OCC1=C(c2ccnn2C2CCC2)CCOC1. The quantitative estimate of drug-likeness (QED) is 0.846. The number of nitrogens with zero attached hydrogens (tertiary/aromatic N) is 2. The van der Waals surface area contributed by atoms with Crippen molar-refractivity contribution in [1.82, 2.24) is 9.78 Å². The number of ether oxygens (including phenoxy) is 2. The number of aromatic nitrogens is 2. The highest BCUT2D eigenvalue weighted by Gasteiger charge is 2.25. The summed E-state index contributed by atoms with van der Waals surface area (Å²) in [6.45, 7) is 5.47. The molecule has 1 aromatic carbocycles. The summed E-state index contributed by atoms with van der Waals surface area (Å²) in [6, 6.07) is 7.88. The summed E-state index contributed by atoms with van der Waals surface area (Å²) in [5.74, 6) is 0.805. The molecule has 4 rings (SSSR count). The molecular weight excluding hydrogens is 328 g/mol. The molecule has 2 aromatic rings. The van der Waals surface area contributed by atoms with Crippen molar-refractivity contribution in [1.29, 1.82) is 0 Å². The summed E-state index contributed by atoms with van der Waals surface area (Å²) in [4.78, 5) is 0. The van der Waals surface area contributed by atoms with Gasteiger partial charge in [0, 0.05) is 6.20 Å². The fourth-order valence-corrected chi connectivity index (χ4v) is 3.58. The van der Waals surface area contributed by atoms with Gasteiger partial charge in [-0.05, 0) is 55.0 Å². The lowest BCUT2D eigenvalue weighted by Crippen LogP contribution is -2.23. The Morgan fingerprint density at radius 1 is 1.35 bits per heavy atom. The molecule has 1 aliphatic heterocycles. The van der Waals surface area contributed by atoms with Gasteiger partial charge in [0.05, 0.1) is 30.5 Å². The first-order chi connectivity index (χ1) is 12.8. The van der Waals surface area contributed by atoms with Crippen molar-refractivity contribution in [3.8, 4) is 11.5 Å². The fourth-order valence-electron chi connectivity index (χ4n) is 3.58. The molecule has 0 amide bonds. The molecule has 0 unspecified atom stereocenters. The number of aromatic hydroxyl groups is 1. The van der Waals surface area contributed by atoms with E-state index in [-0.39, 0.29) is 5.75 Å². The van der Waals surface area contributed by atoms with E-state index in [2.05, 4.69) is 22.4 Å². The lowest BCUT2D eigenvalue weighted by atomic mass is 9.92. The second-order valence-electron chi connectivity index (χ2n) is 6.81. The minimum atomic E-state index is 0.176. The highest BCUT2D eigenvalue weighted by molar-refractivity contribution is 5.68. The largest absolute Gasteiger partial charge is 0.507 e.